The van der Waals surface area contributed by atoms with Gasteiger partial charge in [0.25, 0.3) is 0 Å². The lowest BCUT2D eigenvalue weighted by Gasteiger charge is -2.05. The van der Waals surface area contributed by atoms with Crippen LogP contribution in [0.3, 0.4) is 0 Å². The maximum atomic E-state index is 11.7. The van der Waals surface area contributed by atoms with Crippen LogP contribution in [0.2, 0.25) is 0 Å². The maximum absolute atomic E-state index is 11.7. The molecule has 0 saturated heterocycles. The normalized spacial score (nSPS) is 10.8. The highest BCUT2D eigenvalue weighted by molar-refractivity contribution is 9.10. The van der Waals surface area contributed by atoms with Gasteiger partial charge in [-0.15, -0.1) is 0 Å². The molecule has 1 rings (SSSR count). The fourth-order valence-corrected chi connectivity index (χ4v) is 2.03. The summed E-state index contributed by atoms with van der Waals surface area (Å²) in [7, 11) is 0. The summed E-state index contributed by atoms with van der Waals surface area (Å²) in [4.78, 5) is 11.7. The van der Waals surface area contributed by atoms with Crippen LogP contribution in [0.1, 0.15) is 31.7 Å². The first-order chi connectivity index (χ1) is 8.10. The fraction of sp³-hybridized carbons (Fsp3) is 0.667. The summed E-state index contributed by atoms with van der Waals surface area (Å²) in [6, 6.07) is 0. The first-order valence-electron chi connectivity index (χ1n) is 5.91. The summed E-state index contributed by atoms with van der Waals surface area (Å²) in [5, 5.41) is 4.35. The number of carbonyl (C=O) groups excluding carboxylic acids is 1. The number of hydrogen-bond acceptors (Lipinski definition) is 3. The molecule has 96 valence electrons. The Hall–Kier alpha value is -0.680. The van der Waals surface area contributed by atoms with Crippen molar-refractivity contribution >= 4 is 21.7 Å². The SMILES string of the molecule is CCCOCC(=O)Cc1c(Br)c(C)nn1CC. The van der Waals surface area contributed by atoms with Gasteiger partial charge in [-0.3, -0.25) is 9.48 Å². The minimum absolute atomic E-state index is 0.0914. The number of aromatic nitrogens is 2. The van der Waals surface area contributed by atoms with Crippen molar-refractivity contribution in [1.82, 2.24) is 9.78 Å². The van der Waals surface area contributed by atoms with Crippen LogP contribution in [-0.2, 0) is 22.5 Å². The summed E-state index contributed by atoms with van der Waals surface area (Å²) < 4.78 is 8.03. The van der Waals surface area contributed by atoms with Crippen LogP contribution in [0.4, 0.5) is 0 Å². The molecule has 0 saturated carbocycles. The summed E-state index contributed by atoms with van der Waals surface area (Å²) in [5.41, 5.74) is 1.86. The third-order valence-electron chi connectivity index (χ3n) is 2.43. The van der Waals surface area contributed by atoms with Gasteiger partial charge in [0.05, 0.1) is 22.3 Å². The zero-order valence-corrected chi connectivity index (χ0v) is 12.2. The zero-order valence-electron chi connectivity index (χ0n) is 10.6. The van der Waals surface area contributed by atoms with Crippen molar-refractivity contribution in [3.05, 3.63) is 15.9 Å². The standard InChI is InChI=1S/C12H19BrN2O2/c1-4-6-17-8-10(16)7-11-12(13)9(3)14-15(11)5-2/h4-8H2,1-3H3. The van der Waals surface area contributed by atoms with Gasteiger partial charge in [-0.1, -0.05) is 6.92 Å². The molecule has 17 heavy (non-hydrogen) atoms. The van der Waals surface area contributed by atoms with Gasteiger partial charge < -0.3 is 4.74 Å². The summed E-state index contributed by atoms with van der Waals surface area (Å²) in [6.45, 7) is 7.56. The van der Waals surface area contributed by atoms with Crippen LogP contribution < -0.4 is 0 Å². The van der Waals surface area contributed by atoms with Gasteiger partial charge >= 0.3 is 0 Å². The van der Waals surface area contributed by atoms with Gasteiger partial charge in [-0.2, -0.15) is 5.10 Å². The molecule has 0 unspecified atom stereocenters. The smallest absolute Gasteiger partial charge is 0.164 e. The Bertz CT molecular complexity index is 388. The Kier molecular flexibility index (Phi) is 5.85. The predicted octanol–water partition coefficient (Wildman–Crippen LogP) is 2.51. The molecule has 0 atom stereocenters. The van der Waals surface area contributed by atoms with E-state index < -0.39 is 0 Å². The van der Waals surface area contributed by atoms with Crippen molar-refractivity contribution in [2.75, 3.05) is 13.2 Å². The molecule has 1 aromatic heterocycles. The number of aryl methyl sites for hydroxylation is 2. The number of ether oxygens (including phenoxy) is 1. The summed E-state index contributed by atoms with van der Waals surface area (Å²) >= 11 is 3.48. The van der Waals surface area contributed by atoms with E-state index in [9.17, 15) is 4.79 Å². The number of nitrogens with zero attached hydrogens (tertiary/aromatic N) is 2. The molecular weight excluding hydrogens is 284 g/mol. The van der Waals surface area contributed by atoms with Gasteiger partial charge in [-0.25, -0.2) is 0 Å². The van der Waals surface area contributed by atoms with E-state index in [0.29, 0.717) is 13.0 Å². The van der Waals surface area contributed by atoms with Gasteiger partial charge in [0.1, 0.15) is 6.61 Å². The van der Waals surface area contributed by atoms with Gasteiger partial charge in [-0.05, 0) is 36.2 Å². The van der Waals surface area contributed by atoms with Crippen molar-refractivity contribution < 1.29 is 9.53 Å². The second-order valence-corrected chi connectivity index (χ2v) is 4.72. The van der Waals surface area contributed by atoms with Crippen molar-refractivity contribution in [2.45, 2.75) is 40.2 Å². The average molecular weight is 303 g/mol. The van der Waals surface area contributed by atoms with Crippen molar-refractivity contribution in [3.8, 4) is 0 Å². The van der Waals surface area contributed by atoms with Gasteiger partial charge in [0.2, 0.25) is 0 Å². The van der Waals surface area contributed by atoms with Gasteiger partial charge in [0, 0.05) is 13.2 Å². The van der Waals surface area contributed by atoms with E-state index in [1.54, 1.807) is 0 Å². The lowest BCUT2D eigenvalue weighted by Crippen LogP contribution is -2.15. The fourth-order valence-electron chi connectivity index (χ4n) is 1.61. The topological polar surface area (TPSA) is 44.1 Å². The van der Waals surface area contributed by atoms with E-state index in [1.165, 1.54) is 0 Å². The van der Waals surface area contributed by atoms with E-state index in [4.69, 9.17) is 4.74 Å². The highest BCUT2D eigenvalue weighted by atomic mass is 79.9. The van der Waals surface area contributed by atoms with Gasteiger partial charge in [0.15, 0.2) is 5.78 Å². The van der Waals surface area contributed by atoms with Crippen molar-refractivity contribution in [3.63, 3.8) is 0 Å². The highest BCUT2D eigenvalue weighted by Crippen LogP contribution is 2.21. The monoisotopic (exact) mass is 302 g/mol. The number of hydrogen-bond donors (Lipinski definition) is 0. The van der Waals surface area contributed by atoms with Crippen LogP contribution >= 0.6 is 15.9 Å². The molecule has 4 nitrogen and oxygen atoms in total. The predicted molar refractivity (Wildman–Crippen MR) is 70.2 cm³/mol. The Balaban J connectivity index is 2.64. The quantitative estimate of drug-likeness (QED) is 0.727. The Morgan fingerprint density at radius 1 is 1.47 bits per heavy atom. The molecule has 0 aliphatic heterocycles. The molecule has 0 radical (unpaired) electrons. The molecule has 0 aliphatic rings. The molecule has 5 heteroatoms. The highest BCUT2D eigenvalue weighted by Gasteiger charge is 2.15. The summed E-state index contributed by atoms with van der Waals surface area (Å²) in [5.74, 6) is 0.0914. The maximum Gasteiger partial charge on any atom is 0.164 e. The van der Waals surface area contributed by atoms with E-state index >= 15 is 0 Å². The van der Waals surface area contributed by atoms with Crippen LogP contribution in [0.5, 0.6) is 0 Å². The first-order valence-corrected chi connectivity index (χ1v) is 6.70. The number of Topliss-reactive ketones (excluding diaryl/α,β-unsaturated/α-hetero) is 1. The molecule has 0 fully saturated rings. The number of rotatable bonds is 7. The third-order valence-corrected chi connectivity index (χ3v) is 3.46. The van der Waals surface area contributed by atoms with Crippen LogP contribution in [0, 0.1) is 6.92 Å². The van der Waals surface area contributed by atoms with E-state index in [2.05, 4.69) is 21.0 Å². The third kappa shape index (κ3) is 3.92. The summed E-state index contributed by atoms with van der Waals surface area (Å²) in [6.07, 6.45) is 1.31. The Morgan fingerprint density at radius 3 is 2.76 bits per heavy atom. The van der Waals surface area contributed by atoms with Crippen LogP contribution in [-0.4, -0.2) is 28.8 Å². The Labute approximate surface area is 110 Å². The lowest BCUT2D eigenvalue weighted by molar-refractivity contribution is -0.123. The van der Waals surface area contributed by atoms with Crippen molar-refractivity contribution in [2.24, 2.45) is 0 Å². The number of ketones is 1. The average Bonchev–Trinajstić information content (AvgIpc) is 2.57. The molecule has 0 N–H and O–H groups in total. The Morgan fingerprint density at radius 2 is 2.18 bits per heavy atom. The second kappa shape index (κ2) is 6.91. The van der Waals surface area contributed by atoms with E-state index in [1.807, 2.05) is 25.5 Å². The molecule has 1 aromatic rings. The van der Waals surface area contributed by atoms with Crippen molar-refractivity contribution in [1.29, 1.82) is 0 Å². The second-order valence-electron chi connectivity index (χ2n) is 3.93. The van der Waals surface area contributed by atoms with E-state index in [0.717, 1.165) is 28.8 Å². The number of halogens is 1. The van der Waals surface area contributed by atoms with Crippen LogP contribution in [0.15, 0.2) is 4.47 Å². The largest absolute Gasteiger partial charge is 0.374 e. The van der Waals surface area contributed by atoms with Crippen LogP contribution in [0.25, 0.3) is 0 Å². The molecule has 0 amide bonds. The molecule has 1 heterocycles. The molecular formula is C12H19BrN2O2. The minimum atomic E-state index is 0.0914. The molecule has 0 aromatic carbocycles. The number of carbonyl (C=O) groups is 1. The molecule has 0 spiro atoms. The van der Waals surface area contributed by atoms with E-state index in [-0.39, 0.29) is 12.4 Å². The lowest BCUT2D eigenvalue weighted by atomic mass is 10.2. The first kappa shape index (κ1) is 14.4. The molecule has 0 aliphatic carbocycles. The molecule has 0 bridgehead atoms. The minimum Gasteiger partial charge on any atom is -0.374 e. The zero-order chi connectivity index (χ0) is 12.8.